The molecule has 19 heavy (non-hydrogen) atoms. The van der Waals surface area contributed by atoms with Crippen molar-refractivity contribution in [1.82, 2.24) is 10.6 Å². The predicted molar refractivity (Wildman–Crippen MR) is 74.9 cm³/mol. The van der Waals surface area contributed by atoms with Gasteiger partial charge < -0.3 is 20.1 Å². The molecule has 1 aromatic rings. The molecule has 0 unspecified atom stereocenters. The number of rotatable bonds is 7. The van der Waals surface area contributed by atoms with Crippen LogP contribution in [-0.4, -0.2) is 32.5 Å². The molecule has 0 saturated heterocycles. The summed E-state index contributed by atoms with van der Waals surface area (Å²) in [5.74, 6) is 1.76. The van der Waals surface area contributed by atoms with Crippen molar-refractivity contribution in [3.05, 3.63) is 23.3 Å². The van der Waals surface area contributed by atoms with Gasteiger partial charge in [0.2, 0.25) is 6.79 Å². The van der Waals surface area contributed by atoms with Gasteiger partial charge in [0.15, 0.2) is 11.5 Å². The molecule has 0 spiro atoms. The van der Waals surface area contributed by atoms with Gasteiger partial charge in [-0.15, -0.1) is 0 Å². The van der Waals surface area contributed by atoms with E-state index >= 15 is 0 Å². The van der Waals surface area contributed by atoms with E-state index in [2.05, 4.69) is 29.7 Å². The molecule has 0 amide bonds. The Balaban J connectivity index is 1.41. The third-order valence-electron chi connectivity index (χ3n) is 3.71. The highest BCUT2D eigenvalue weighted by Gasteiger charge is 2.19. The van der Waals surface area contributed by atoms with Crippen LogP contribution in [0.2, 0.25) is 0 Å². The lowest BCUT2D eigenvalue weighted by Crippen LogP contribution is -2.29. The van der Waals surface area contributed by atoms with Crippen LogP contribution in [0.1, 0.15) is 24.0 Å². The monoisotopic (exact) mass is 262 g/mol. The van der Waals surface area contributed by atoms with Gasteiger partial charge in [0.25, 0.3) is 0 Å². The third-order valence-corrected chi connectivity index (χ3v) is 3.71. The first-order valence-corrected chi connectivity index (χ1v) is 7.16. The second kappa shape index (κ2) is 5.80. The van der Waals surface area contributed by atoms with Crippen LogP contribution < -0.4 is 20.1 Å². The second-order valence-electron chi connectivity index (χ2n) is 5.36. The summed E-state index contributed by atoms with van der Waals surface area (Å²) in [5, 5.41) is 6.98. The lowest BCUT2D eigenvalue weighted by Gasteiger charge is -2.09. The van der Waals surface area contributed by atoms with Gasteiger partial charge in [-0.25, -0.2) is 0 Å². The Kier molecular flexibility index (Phi) is 3.89. The van der Waals surface area contributed by atoms with Gasteiger partial charge in [0, 0.05) is 19.1 Å². The molecule has 1 saturated carbocycles. The minimum Gasteiger partial charge on any atom is -0.454 e. The summed E-state index contributed by atoms with van der Waals surface area (Å²) in [6.07, 6.45) is 3.75. The van der Waals surface area contributed by atoms with Crippen molar-refractivity contribution < 1.29 is 9.47 Å². The molecular formula is C15H22N2O2. The van der Waals surface area contributed by atoms with Crippen LogP contribution in [0.25, 0.3) is 0 Å². The summed E-state index contributed by atoms with van der Waals surface area (Å²) in [6.45, 7) is 5.60. The number of hydrogen-bond donors (Lipinski definition) is 2. The molecule has 0 bridgehead atoms. The Morgan fingerprint density at radius 2 is 1.89 bits per heavy atom. The summed E-state index contributed by atoms with van der Waals surface area (Å²) in [7, 11) is 0. The average Bonchev–Trinajstić information content (AvgIpc) is 3.12. The minimum absolute atomic E-state index is 0.351. The van der Waals surface area contributed by atoms with Crippen molar-refractivity contribution in [2.75, 3.05) is 26.4 Å². The molecule has 1 fully saturated rings. The van der Waals surface area contributed by atoms with Gasteiger partial charge in [-0.1, -0.05) is 0 Å². The Morgan fingerprint density at radius 3 is 2.68 bits per heavy atom. The topological polar surface area (TPSA) is 42.5 Å². The van der Waals surface area contributed by atoms with E-state index in [0.29, 0.717) is 6.79 Å². The van der Waals surface area contributed by atoms with Crippen LogP contribution in [0.15, 0.2) is 12.1 Å². The predicted octanol–water partition coefficient (Wildman–Crippen LogP) is 1.61. The van der Waals surface area contributed by atoms with Crippen LogP contribution >= 0.6 is 0 Å². The van der Waals surface area contributed by atoms with Gasteiger partial charge in [0.1, 0.15) is 0 Å². The zero-order valence-corrected chi connectivity index (χ0v) is 11.5. The maximum Gasteiger partial charge on any atom is 0.231 e. The summed E-state index contributed by atoms with van der Waals surface area (Å²) in [4.78, 5) is 0. The molecule has 2 aliphatic rings. The number of benzene rings is 1. The van der Waals surface area contributed by atoms with E-state index in [9.17, 15) is 0 Å². The molecular weight excluding hydrogens is 240 g/mol. The molecule has 1 aliphatic carbocycles. The molecule has 4 nitrogen and oxygen atoms in total. The lowest BCUT2D eigenvalue weighted by atomic mass is 10.0. The first-order valence-electron chi connectivity index (χ1n) is 7.16. The fourth-order valence-electron chi connectivity index (χ4n) is 2.36. The van der Waals surface area contributed by atoms with Crippen molar-refractivity contribution in [3.8, 4) is 11.5 Å². The van der Waals surface area contributed by atoms with E-state index in [1.807, 2.05) is 0 Å². The van der Waals surface area contributed by atoms with E-state index in [0.717, 1.165) is 43.6 Å². The van der Waals surface area contributed by atoms with E-state index in [1.165, 1.54) is 24.0 Å². The van der Waals surface area contributed by atoms with E-state index < -0.39 is 0 Å². The highest BCUT2D eigenvalue weighted by Crippen LogP contribution is 2.34. The van der Waals surface area contributed by atoms with Gasteiger partial charge in [-0.2, -0.15) is 0 Å². The number of hydrogen-bond acceptors (Lipinski definition) is 4. The Bertz CT molecular complexity index is 444. The van der Waals surface area contributed by atoms with Crippen LogP contribution in [0, 0.1) is 6.92 Å². The first kappa shape index (κ1) is 12.8. The molecule has 0 aromatic heterocycles. The summed E-state index contributed by atoms with van der Waals surface area (Å²) in [5.41, 5.74) is 2.62. The first-order chi connectivity index (χ1) is 9.33. The highest BCUT2D eigenvalue weighted by molar-refractivity contribution is 5.48. The zero-order chi connectivity index (χ0) is 13.1. The standard InChI is InChI=1S/C15H22N2O2/c1-11-8-14-15(19-10-18-14)9-12(11)4-5-16-6-7-17-13-2-3-13/h8-9,13,16-17H,2-7,10H2,1H3. The minimum atomic E-state index is 0.351. The average molecular weight is 262 g/mol. The number of fused-ring (bicyclic) bond motifs is 1. The molecule has 1 aliphatic heterocycles. The van der Waals surface area contributed by atoms with Crippen LogP contribution in [0.5, 0.6) is 11.5 Å². The largest absolute Gasteiger partial charge is 0.454 e. The summed E-state index contributed by atoms with van der Waals surface area (Å²) < 4.78 is 10.8. The molecule has 1 aromatic carbocycles. The quantitative estimate of drug-likeness (QED) is 0.733. The number of ether oxygens (including phenoxy) is 2. The summed E-state index contributed by atoms with van der Waals surface area (Å²) in [6, 6.07) is 4.99. The van der Waals surface area contributed by atoms with Crippen LogP contribution in [0.3, 0.4) is 0 Å². The normalized spacial score (nSPS) is 16.9. The number of aryl methyl sites for hydroxylation is 1. The van der Waals surface area contributed by atoms with Crippen molar-refractivity contribution in [2.24, 2.45) is 0 Å². The van der Waals surface area contributed by atoms with Crippen LogP contribution in [-0.2, 0) is 6.42 Å². The molecule has 2 N–H and O–H groups in total. The Labute approximate surface area is 114 Å². The highest BCUT2D eigenvalue weighted by atomic mass is 16.7. The van der Waals surface area contributed by atoms with Crippen molar-refractivity contribution in [1.29, 1.82) is 0 Å². The third kappa shape index (κ3) is 3.39. The van der Waals surface area contributed by atoms with Crippen molar-refractivity contribution in [3.63, 3.8) is 0 Å². The maximum absolute atomic E-state index is 5.42. The Hall–Kier alpha value is -1.26. The van der Waals surface area contributed by atoms with Crippen molar-refractivity contribution >= 4 is 0 Å². The van der Waals surface area contributed by atoms with E-state index in [1.54, 1.807) is 0 Å². The number of nitrogens with one attached hydrogen (secondary N) is 2. The van der Waals surface area contributed by atoms with Crippen molar-refractivity contribution in [2.45, 2.75) is 32.2 Å². The van der Waals surface area contributed by atoms with Gasteiger partial charge in [-0.3, -0.25) is 0 Å². The zero-order valence-electron chi connectivity index (χ0n) is 11.5. The fraction of sp³-hybridized carbons (Fsp3) is 0.600. The SMILES string of the molecule is Cc1cc2c(cc1CCNCCNC1CC1)OCO2. The Morgan fingerprint density at radius 1 is 1.11 bits per heavy atom. The van der Waals surface area contributed by atoms with Gasteiger partial charge >= 0.3 is 0 Å². The van der Waals surface area contributed by atoms with Crippen LogP contribution in [0.4, 0.5) is 0 Å². The molecule has 3 rings (SSSR count). The fourth-order valence-corrected chi connectivity index (χ4v) is 2.36. The molecule has 1 heterocycles. The van der Waals surface area contributed by atoms with E-state index in [-0.39, 0.29) is 0 Å². The summed E-state index contributed by atoms with van der Waals surface area (Å²) >= 11 is 0. The molecule has 0 atom stereocenters. The smallest absolute Gasteiger partial charge is 0.231 e. The molecule has 0 radical (unpaired) electrons. The van der Waals surface area contributed by atoms with Gasteiger partial charge in [-0.05, 0) is 56.0 Å². The lowest BCUT2D eigenvalue weighted by molar-refractivity contribution is 0.174. The molecule has 4 heteroatoms. The molecule has 104 valence electrons. The maximum atomic E-state index is 5.42. The van der Waals surface area contributed by atoms with Gasteiger partial charge in [0.05, 0.1) is 0 Å². The van der Waals surface area contributed by atoms with E-state index in [4.69, 9.17) is 9.47 Å². The second-order valence-corrected chi connectivity index (χ2v) is 5.36.